The first kappa shape index (κ1) is 12.0. The molecule has 0 fully saturated rings. The lowest BCUT2D eigenvalue weighted by Gasteiger charge is -2.17. The van der Waals surface area contributed by atoms with Crippen LogP contribution in [0.5, 0.6) is 17.2 Å². The van der Waals surface area contributed by atoms with E-state index in [1.165, 1.54) is 13.2 Å². The number of fused-ring (bicyclic) bond motifs is 1. The lowest BCUT2D eigenvalue weighted by atomic mass is 10.0. The Morgan fingerprint density at radius 3 is 2.76 bits per heavy atom. The van der Waals surface area contributed by atoms with Gasteiger partial charge in [0.05, 0.1) is 13.7 Å². The van der Waals surface area contributed by atoms with Crippen LogP contribution in [-0.4, -0.2) is 41.9 Å². The zero-order chi connectivity index (χ0) is 12.4. The first-order chi connectivity index (χ1) is 8.17. The first-order valence-electron chi connectivity index (χ1n) is 5.12. The normalized spacial score (nSPS) is 16.7. The largest absolute Gasteiger partial charge is 0.493 e. The molecule has 0 saturated carbocycles. The Labute approximate surface area is 98.0 Å². The molecular formula is C11H14O6. The topological polar surface area (TPSA) is 88.4 Å². The van der Waals surface area contributed by atoms with Gasteiger partial charge in [0.25, 0.3) is 0 Å². The number of benzene rings is 1. The molecule has 0 aromatic heterocycles. The number of aliphatic hydroxyl groups excluding tert-OH is 3. The van der Waals surface area contributed by atoms with Crippen LogP contribution < -0.4 is 14.2 Å². The lowest BCUT2D eigenvalue weighted by molar-refractivity contribution is -0.0153. The quantitative estimate of drug-likeness (QED) is 0.678. The second-order valence-electron chi connectivity index (χ2n) is 3.65. The maximum atomic E-state index is 9.78. The van der Waals surface area contributed by atoms with Crippen molar-refractivity contribution in [2.24, 2.45) is 0 Å². The van der Waals surface area contributed by atoms with Gasteiger partial charge in [0, 0.05) is 0 Å². The Balaban J connectivity index is 2.36. The van der Waals surface area contributed by atoms with Gasteiger partial charge in [-0.25, -0.2) is 0 Å². The summed E-state index contributed by atoms with van der Waals surface area (Å²) >= 11 is 0. The molecule has 3 N–H and O–H groups in total. The van der Waals surface area contributed by atoms with Crippen molar-refractivity contribution in [3.05, 3.63) is 17.7 Å². The lowest BCUT2D eigenvalue weighted by Crippen LogP contribution is -2.22. The molecule has 2 rings (SSSR count). The van der Waals surface area contributed by atoms with Crippen molar-refractivity contribution >= 4 is 0 Å². The molecule has 1 aliphatic heterocycles. The summed E-state index contributed by atoms with van der Waals surface area (Å²) in [5.74, 6) is 1.34. The van der Waals surface area contributed by atoms with Gasteiger partial charge in [-0.3, -0.25) is 0 Å². The molecule has 0 amide bonds. The van der Waals surface area contributed by atoms with E-state index in [1.54, 1.807) is 6.07 Å². The van der Waals surface area contributed by atoms with E-state index in [2.05, 4.69) is 0 Å². The van der Waals surface area contributed by atoms with E-state index in [0.29, 0.717) is 22.8 Å². The number of ether oxygens (including phenoxy) is 3. The maximum absolute atomic E-state index is 9.78. The predicted molar refractivity (Wildman–Crippen MR) is 57.2 cm³/mol. The van der Waals surface area contributed by atoms with Gasteiger partial charge in [-0.15, -0.1) is 0 Å². The van der Waals surface area contributed by atoms with Crippen molar-refractivity contribution in [2.75, 3.05) is 20.5 Å². The van der Waals surface area contributed by atoms with Crippen LogP contribution in [0.3, 0.4) is 0 Å². The summed E-state index contributed by atoms with van der Waals surface area (Å²) < 4.78 is 15.5. The highest BCUT2D eigenvalue weighted by atomic mass is 16.7. The molecule has 0 radical (unpaired) electrons. The van der Waals surface area contributed by atoms with Gasteiger partial charge in [0.2, 0.25) is 12.5 Å². The van der Waals surface area contributed by atoms with Gasteiger partial charge in [-0.2, -0.15) is 0 Å². The number of hydrogen-bond acceptors (Lipinski definition) is 6. The summed E-state index contributed by atoms with van der Waals surface area (Å²) in [5.41, 5.74) is 0.396. The minimum Gasteiger partial charge on any atom is -0.493 e. The average molecular weight is 242 g/mol. The fourth-order valence-electron chi connectivity index (χ4n) is 1.64. The molecule has 6 nitrogen and oxygen atoms in total. The molecule has 17 heavy (non-hydrogen) atoms. The number of methoxy groups -OCH3 is 1. The molecule has 1 heterocycles. The van der Waals surface area contributed by atoms with Crippen molar-refractivity contribution in [1.82, 2.24) is 0 Å². The second kappa shape index (κ2) is 4.79. The van der Waals surface area contributed by atoms with E-state index in [0.717, 1.165) is 0 Å². The molecule has 94 valence electrons. The minimum absolute atomic E-state index is 0.0911. The van der Waals surface area contributed by atoms with Crippen LogP contribution >= 0.6 is 0 Å². The molecule has 0 spiro atoms. The van der Waals surface area contributed by atoms with Crippen molar-refractivity contribution in [1.29, 1.82) is 0 Å². The minimum atomic E-state index is -1.25. The predicted octanol–water partition coefficient (Wildman–Crippen LogP) is -0.190. The van der Waals surface area contributed by atoms with Crippen LogP contribution in [0.15, 0.2) is 12.1 Å². The number of hydrogen-bond donors (Lipinski definition) is 3. The van der Waals surface area contributed by atoms with Crippen LogP contribution in [0.25, 0.3) is 0 Å². The first-order valence-corrected chi connectivity index (χ1v) is 5.12. The molecule has 6 heteroatoms. The monoisotopic (exact) mass is 242 g/mol. The van der Waals surface area contributed by atoms with Crippen molar-refractivity contribution in [3.63, 3.8) is 0 Å². The maximum Gasteiger partial charge on any atom is 0.231 e. The highest BCUT2D eigenvalue weighted by Crippen LogP contribution is 2.43. The fourth-order valence-corrected chi connectivity index (χ4v) is 1.64. The summed E-state index contributed by atoms with van der Waals surface area (Å²) in [5, 5.41) is 27.9. The Hall–Kier alpha value is -1.50. The van der Waals surface area contributed by atoms with E-state index >= 15 is 0 Å². The van der Waals surface area contributed by atoms with Crippen LogP contribution in [0.2, 0.25) is 0 Å². The van der Waals surface area contributed by atoms with Gasteiger partial charge in [-0.1, -0.05) is 0 Å². The van der Waals surface area contributed by atoms with Crippen LogP contribution in [0.1, 0.15) is 11.7 Å². The standard InChI is InChI=1S/C11H14O6/c1-15-8-2-6(10(14)7(13)4-12)3-9-11(8)17-5-16-9/h2-3,7,10,12-14H,4-5H2,1H3. The van der Waals surface area contributed by atoms with Crippen LogP contribution in [0, 0.1) is 0 Å². The van der Waals surface area contributed by atoms with Gasteiger partial charge in [0.1, 0.15) is 12.2 Å². The number of rotatable bonds is 4. The fraction of sp³-hybridized carbons (Fsp3) is 0.455. The number of aliphatic hydroxyl groups is 3. The van der Waals surface area contributed by atoms with E-state index in [1.807, 2.05) is 0 Å². The van der Waals surface area contributed by atoms with E-state index in [4.69, 9.17) is 19.3 Å². The zero-order valence-corrected chi connectivity index (χ0v) is 9.29. The highest BCUT2D eigenvalue weighted by Gasteiger charge is 2.25. The highest BCUT2D eigenvalue weighted by molar-refractivity contribution is 5.55. The molecule has 1 aliphatic rings. The summed E-state index contributed by atoms with van der Waals surface area (Å²) in [4.78, 5) is 0. The summed E-state index contributed by atoms with van der Waals surface area (Å²) in [7, 11) is 1.47. The molecule has 0 bridgehead atoms. The summed E-state index contributed by atoms with van der Waals surface area (Å²) in [6.07, 6.45) is -2.46. The van der Waals surface area contributed by atoms with E-state index in [9.17, 15) is 10.2 Å². The third-order valence-electron chi connectivity index (χ3n) is 2.57. The Kier molecular flexibility index (Phi) is 3.37. The SMILES string of the molecule is COc1cc(C(O)C(O)CO)cc2c1OCO2. The smallest absolute Gasteiger partial charge is 0.231 e. The van der Waals surface area contributed by atoms with Crippen molar-refractivity contribution in [3.8, 4) is 17.2 Å². The Morgan fingerprint density at radius 1 is 1.35 bits per heavy atom. The molecular weight excluding hydrogens is 228 g/mol. The van der Waals surface area contributed by atoms with Crippen LogP contribution in [0.4, 0.5) is 0 Å². The van der Waals surface area contributed by atoms with Gasteiger partial charge in [-0.05, 0) is 17.7 Å². The third kappa shape index (κ3) is 2.14. The molecule has 1 aromatic rings. The van der Waals surface area contributed by atoms with E-state index in [-0.39, 0.29) is 6.79 Å². The van der Waals surface area contributed by atoms with Gasteiger partial charge in [0.15, 0.2) is 11.5 Å². The van der Waals surface area contributed by atoms with Crippen LogP contribution in [-0.2, 0) is 0 Å². The van der Waals surface area contributed by atoms with Gasteiger partial charge < -0.3 is 29.5 Å². The van der Waals surface area contributed by atoms with E-state index < -0.39 is 18.8 Å². The van der Waals surface area contributed by atoms with Gasteiger partial charge >= 0.3 is 0 Å². The molecule has 0 saturated heterocycles. The third-order valence-corrected chi connectivity index (χ3v) is 2.57. The van der Waals surface area contributed by atoms with Crippen molar-refractivity contribution < 1.29 is 29.5 Å². The summed E-state index contributed by atoms with van der Waals surface area (Å²) in [6, 6.07) is 3.09. The molecule has 1 aromatic carbocycles. The average Bonchev–Trinajstić information content (AvgIpc) is 2.83. The molecule has 2 unspecified atom stereocenters. The molecule has 2 atom stereocenters. The zero-order valence-electron chi connectivity index (χ0n) is 9.29. The second-order valence-corrected chi connectivity index (χ2v) is 3.65. The summed E-state index contributed by atoms with van der Waals surface area (Å²) in [6.45, 7) is -0.439. The Morgan fingerprint density at radius 2 is 2.12 bits per heavy atom. The Bertz CT molecular complexity index is 405. The molecule has 0 aliphatic carbocycles. The van der Waals surface area contributed by atoms with Crippen molar-refractivity contribution in [2.45, 2.75) is 12.2 Å².